The number of hydrogen-bond acceptors (Lipinski definition) is 0. The smallest absolute Gasteiger partial charge is 0.0622 e. The Morgan fingerprint density at radius 2 is 1.02 bits per heavy atom. The lowest BCUT2D eigenvalue weighted by Gasteiger charge is -2.21. The minimum Gasteiger partial charge on any atom is -0.308 e. The number of nitrogens with zero attached hydrogens (tertiary/aromatic N) is 1. The van der Waals surface area contributed by atoms with Gasteiger partial charge in [-0.1, -0.05) is 129 Å². The molecule has 7 aromatic carbocycles. The van der Waals surface area contributed by atoms with Gasteiger partial charge in [0, 0.05) is 27.1 Å². The van der Waals surface area contributed by atoms with E-state index >= 15 is 0 Å². The van der Waals surface area contributed by atoms with Gasteiger partial charge in [-0.15, -0.1) is 0 Å². The lowest BCUT2D eigenvalue weighted by atomic mass is 9.82. The molecule has 0 fully saturated rings. The summed E-state index contributed by atoms with van der Waals surface area (Å²) in [5, 5.41) is 10.4. The Bertz CT molecular complexity index is 2300. The molecule has 0 radical (unpaired) electrons. The van der Waals surface area contributed by atoms with E-state index in [1.54, 1.807) is 0 Å². The summed E-state index contributed by atoms with van der Waals surface area (Å²) < 4.78 is 2.56. The molecule has 0 amide bonds. The molecule has 0 N–H and O–H groups in total. The van der Waals surface area contributed by atoms with E-state index in [2.05, 4.69) is 146 Å². The Hall–Kier alpha value is -4.88. The predicted molar refractivity (Wildman–Crippen MR) is 171 cm³/mol. The van der Waals surface area contributed by atoms with Crippen LogP contribution in [0.1, 0.15) is 25.0 Å². The molecule has 1 heteroatoms. The molecular formula is C39H27N. The van der Waals surface area contributed by atoms with Crippen LogP contribution in [0, 0.1) is 0 Å². The summed E-state index contributed by atoms with van der Waals surface area (Å²) >= 11 is 0. The minimum absolute atomic E-state index is 0.0525. The topological polar surface area (TPSA) is 4.93 Å². The molecule has 1 aromatic heterocycles. The van der Waals surface area contributed by atoms with Gasteiger partial charge >= 0.3 is 0 Å². The second-order valence-corrected chi connectivity index (χ2v) is 11.7. The minimum atomic E-state index is -0.0525. The first kappa shape index (κ1) is 22.0. The second kappa shape index (κ2) is 7.61. The number of benzene rings is 7. The fourth-order valence-electron chi connectivity index (χ4n) is 7.62. The first-order chi connectivity index (χ1) is 19.6. The van der Waals surface area contributed by atoms with Crippen LogP contribution in [0.4, 0.5) is 0 Å². The molecule has 0 saturated heterocycles. The molecule has 9 rings (SSSR count). The SMILES string of the molecule is CC1(C)c2ccccc2-c2c1ccc1c3ccccc3n(-c3cccc4c5ccccc5c5ccccc5c34)c21. The van der Waals surface area contributed by atoms with E-state index in [1.165, 1.54) is 82.1 Å². The maximum absolute atomic E-state index is 2.56. The third-order valence-electron chi connectivity index (χ3n) is 9.37. The molecule has 1 heterocycles. The lowest BCUT2D eigenvalue weighted by Crippen LogP contribution is -2.14. The van der Waals surface area contributed by atoms with Crippen molar-refractivity contribution in [1.82, 2.24) is 4.57 Å². The Morgan fingerprint density at radius 3 is 1.77 bits per heavy atom. The van der Waals surface area contributed by atoms with E-state index in [0.29, 0.717) is 0 Å². The highest BCUT2D eigenvalue weighted by molar-refractivity contribution is 6.28. The summed E-state index contributed by atoms with van der Waals surface area (Å²) in [5.41, 5.74) is 9.28. The third kappa shape index (κ3) is 2.62. The molecule has 0 unspecified atom stereocenters. The molecule has 1 nitrogen and oxygen atoms in total. The molecule has 8 aromatic rings. The van der Waals surface area contributed by atoms with Gasteiger partial charge < -0.3 is 4.57 Å². The monoisotopic (exact) mass is 509 g/mol. The number of fused-ring (bicyclic) bond motifs is 13. The van der Waals surface area contributed by atoms with Gasteiger partial charge in [-0.2, -0.15) is 0 Å². The van der Waals surface area contributed by atoms with Crippen LogP contribution in [-0.2, 0) is 5.41 Å². The summed E-state index contributed by atoms with van der Waals surface area (Å²) in [6.45, 7) is 4.74. The summed E-state index contributed by atoms with van der Waals surface area (Å²) in [7, 11) is 0. The van der Waals surface area contributed by atoms with Crippen molar-refractivity contribution >= 4 is 54.1 Å². The van der Waals surface area contributed by atoms with Gasteiger partial charge in [-0.25, -0.2) is 0 Å². The van der Waals surface area contributed by atoms with Crippen molar-refractivity contribution in [1.29, 1.82) is 0 Å². The fourth-order valence-corrected chi connectivity index (χ4v) is 7.62. The van der Waals surface area contributed by atoms with Crippen LogP contribution in [0.3, 0.4) is 0 Å². The number of para-hydroxylation sites is 1. The predicted octanol–water partition coefficient (Wildman–Crippen LogP) is 10.5. The van der Waals surface area contributed by atoms with Crippen LogP contribution in [0.5, 0.6) is 0 Å². The highest BCUT2D eigenvalue weighted by Gasteiger charge is 2.37. The molecule has 0 bridgehead atoms. The highest BCUT2D eigenvalue weighted by Crippen LogP contribution is 2.53. The summed E-state index contributed by atoms with van der Waals surface area (Å²) in [4.78, 5) is 0. The van der Waals surface area contributed by atoms with E-state index < -0.39 is 0 Å². The number of hydrogen-bond donors (Lipinski definition) is 0. The zero-order chi connectivity index (χ0) is 26.6. The quantitative estimate of drug-likeness (QED) is 0.194. The summed E-state index contributed by atoms with van der Waals surface area (Å²) in [6.07, 6.45) is 0. The Morgan fingerprint density at radius 1 is 0.450 bits per heavy atom. The van der Waals surface area contributed by atoms with Crippen molar-refractivity contribution in [2.45, 2.75) is 19.3 Å². The van der Waals surface area contributed by atoms with Crippen LogP contribution < -0.4 is 0 Å². The maximum Gasteiger partial charge on any atom is 0.0622 e. The van der Waals surface area contributed by atoms with Gasteiger partial charge in [0.1, 0.15) is 0 Å². The van der Waals surface area contributed by atoms with Crippen molar-refractivity contribution in [2.24, 2.45) is 0 Å². The van der Waals surface area contributed by atoms with Crippen molar-refractivity contribution < 1.29 is 0 Å². The van der Waals surface area contributed by atoms with Crippen LogP contribution in [0.2, 0.25) is 0 Å². The van der Waals surface area contributed by atoms with E-state index in [0.717, 1.165) is 0 Å². The molecule has 1 aliphatic carbocycles. The zero-order valence-electron chi connectivity index (χ0n) is 22.6. The van der Waals surface area contributed by atoms with Crippen molar-refractivity contribution in [3.8, 4) is 16.8 Å². The Labute approximate surface area is 232 Å². The first-order valence-corrected chi connectivity index (χ1v) is 14.1. The lowest BCUT2D eigenvalue weighted by molar-refractivity contribution is 0.661. The standard InChI is InChI=1S/C39H27N/c1-39(2)32-19-9-7-17-31(32)37-33(39)23-22-30-27-15-8-10-20-34(27)40(38(30)37)35-21-11-18-29-26-13-4-3-12-24(26)25-14-5-6-16-28(25)36(29)35/h3-23H,1-2H3. The van der Waals surface area contributed by atoms with Crippen molar-refractivity contribution in [3.63, 3.8) is 0 Å². The van der Waals surface area contributed by atoms with Gasteiger partial charge in [0.25, 0.3) is 0 Å². The maximum atomic E-state index is 2.56. The van der Waals surface area contributed by atoms with Crippen LogP contribution in [-0.4, -0.2) is 4.57 Å². The van der Waals surface area contributed by atoms with Crippen LogP contribution >= 0.6 is 0 Å². The number of aromatic nitrogens is 1. The fraction of sp³-hybridized carbons (Fsp3) is 0.0769. The van der Waals surface area contributed by atoms with Gasteiger partial charge in [-0.3, -0.25) is 0 Å². The van der Waals surface area contributed by atoms with Gasteiger partial charge in [0.05, 0.1) is 16.7 Å². The van der Waals surface area contributed by atoms with E-state index in [-0.39, 0.29) is 5.41 Å². The average Bonchev–Trinajstić information content (AvgIpc) is 3.46. The van der Waals surface area contributed by atoms with Crippen LogP contribution in [0.25, 0.3) is 70.9 Å². The molecule has 0 spiro atoms. The molecule has 0 atom stereocenters. The Balaban J connectivity index is 1.56. The molecule has 0 saturated carbocycles. The second-order valence-electron chi connectivity index (χ2n) is 11.7. The van der Waals surface area contributed by atoms with E-state index in [4.69, 9.17) is 0 Å². The molecule has 1 aliphatic rings. The van der Waals surface area contributed by atoms with E-state index in [9.17, 15) is 0 Å². The first-order valence-electron chi connectivity index (χ1n) is 14.1. The molecule has 0 aliphatic heterocycles. The largest absolute Gasteiger partial charge is 0.308 e. The van der Waals surface area contributed by atoms with Gasteiger partial charge in [0.2, 0.25) is 0 Å². The average molecular weight is 510 g/mol. The van der Waals surface area contributed by atoms with Crippen molar-refractivity contribution in [3.05, 3.63) is 139 Å². The van der Waals surface area contributed by atoms with Crippen molar-refractivity contribution in [2.75, 3.05) is 0 Å². The third-order valence-corrected chi connectivity index (χ3v) is 9.37. The van der Waals surface area contributed by atoms with Gasteiger partial charge in [0.15, 0.2) is 0 Å². The summed E-state index contributed by atoms with van der Waals surface area (Å²) in [5.74, 6) is 0. The molecular weight excluding hydrogens is 482 g/mol. The van der Waals surface area contributed by atoms with Crippen LogP contribution in [0.15, 0.2) is 127 Å². The number of rotatable bonds is 1. The summed E-state index contributed by atoms with van der Waals surface area (Å²) in [6, 6.07) is 47.3. The highest BCUT2D eigenvalue weighted by atomic mass is 15.0. The normalized spacial score (nSPS) is 13.9. The molecule has 40 heavy (non-hydrogen) atoms. The Kier molecular flexibility index (Phi) is 4.18. The van der Waals surface area contributed by atoms with E-state index in [1.807, 2.05) is 0 Å². The molecule has 188 valence electrons. The van der Waals surface area contributed by atoms with Gasteiger partial charge in [-0.05, 0) is 55.8 Å². The zero-order valence-corrected chi connectivity index (χ0v) is 22.6.